The molecule has 1 atom stereocenters. The Morgan fingerprint density at radius 3 is 2.57 bits per heavy atom. The van der Waals surface area contributed by atoms with Gasteiger partial charge in [0.05, 0.1) is 5.56 Å². The van der Waals surface area contributed by atoms with Gasteiger partial charge in [-0.2, -0.15) is 0 Å². The Morgan fingerprint density at radius 2 is 1.95 bits per heavy atom. The van der Waals surface area contributed by atoms with Crippen LogP contribution in [0.3, 0.4) is 0 Å². The monoisotopic (exact) mass is 292 g/mol. The lowest BCUT2D eigenvalue weighted by molar-refractivity contribution is -0.129. The van der Waals surface area contributed by atoms with E-state index in [9.17, 15) is 9.59 Å². The molecule has 0 heterocycles. The normalized spacial score (nSPS) is 12.0. The molecule has 0 saturated carbocycles. The van der Waals surface area contributed by atoms with E-state index in [1.54, 1.807) is 19.1 Å². The number of amides is 1. The van der Waals surface area contributed by atoms with Gasteiger partial charge in [0, 0.05) is 12.2 Å². The summed E-state index contributed by atoms with van der Waals surface area (Å²) in [7, 11) is 0. The molecule has 0 aliphatic rings. The zero-order valence-corrected chi connectivity index (χ0v) is 13.1. The highest BCUT2D eigenvalue weighted by molar-refractivity contribution is 5.97. The van der Waals surface area contributed by atoms with Crippen LogP contribution in [0.1, 0.15) is 43.1 Å². The molecule has 116 valence electrons. The summed E-state index contributed by atoms with van der Waals surface area (Å²) in [6.07, 6.45) is 0.0432. The summed E-state index contributed by atoms with van der Waals surface area (Å²) in [6, 6.07) is 5.14. The smallest absolute Gasteiger partial charge is 0.341 e. The topological polar surface area (TPSA) is 81.4 Å². The maximum absolute atomic E-state index is 12.0. The molecule has 0 saturated heterocycles. The standard InChI is InChI=1S/C16H24N2O3/c1-10(2)8-9-18-15(19)12(4)21-16(20)13-7-5-6-11(3)14(13)17/h5-7,10,12H,8-9,17H2,1-4H3,(H,18,19). The first-order chi connectivity index (χ1) is 9.82. The van der Waals surface area contributed by atoms with Crippen LogP contribution in [-0.2, 0) is 9.53 Å². The Bertz CT molecular complexity index is 512. The molecular formula is C16H24N2O3. The SMILES string of the molecule is Cc1cccc(C(=O)OC(C)C(=O)NCCC(C)C)c1N. The maximum Gasteiger partial charge on any atom is 0.341 e. The number of benzene rings is 1. The molecular weight excluding hydrogens is 268 g/mol. The number of hydrogen-bond acceptors (Lipinski definition) is 4. The first-order valence-electron chi connectivity index (χ1n) is 7.16. The molecule has 0 radical (unpaired) electrons. The van der Waals surface area contributed by atoms with Crippen molar-refractivity contribution in [2.24, 2.45) is 5.92 Å². The van der Waals surface area contributed by atoms with Crippen LogP contribution >= 0.6 is 0 Å². The van der Waals surface area contributed by atoms with Crippen molar-refractivity contribution in [1.82, 2.24) is 5.32 Å². The fourth-order valence-electron chi connectivity index (χ4n) is 1.76. The third-order valence-electron chi connectivity index (χ3n) is 3.22. The predicted octanol–water partition coefficient (Wildman–Crippen LogP) is 2.28. The first kappa shape index (κ1) is 17.0. The third-order valence-corrected chi connectivity index (χ3v) is 3.22. The molecule has 0 spiro atoms. The molecule has 0 bridgehead atoms. The van der Waals surface area contributed by atoms with Crippen LogP contribution < -0.4 is 11.1 Å². The number of para-hydroxylation sites is 1. The van der Waals surface area contributed by atoms with Crippen molar-refractivity contribution in [3.05, 3.63) is 29.3 Å². The first-order valence-corrected chi connectivity index (χ1v) is 7.16. The molecule has 5 nitrogen and oxygen atoms in total. The number of carbonyl (C=O) groups is 2. The number of nitrogen functional groups attached to an aromatic ring is 1. The molecule has 1 amide bonds. The van der Waals surface area contributed by atoms with Crippen molar-refractivity contribution in [3.63, 3.8) is 0 Å². The lowest BCUT2D eigenvalue weighted by atomic mass is 10.1. The van der Waals surface area contributed by atoms with Crippen LogP contribution in [0.15, 0.2) is 18.2 Å². The fraction of sp³-hybridized carbons (Fsp3) is 0.500. The number of esters is 1. The number of ether oxygens (including phenoxy) is 1. The largest absolute Gasteiger partial charge is 0.449 e. The highest BCUT2D eigenvalue weighted by atomic mass is 16.5. The Hall–Kier alpha value is -2.04. The molecule has 21 heavy (non-hydrogen) atoms. The Morgan fingerprint density at radius 1 is 1.29 bits per heavy atom. The maximum atomic E-state index is 12.0. The van der Waals surface area contributed by atoms with Crippen molar-refractivity contribution in [2.45, 2.75) is 40.2 Å². The second-order valence-corrected chi connectivity index (χ2v) is 5.56. The summed E-state index contributed by atoms with van der Waals surface area (Å²) in [5.74, 6) is -0.367. The molecule has 3 N–H and O–H groups in total. The van der Waals surface area contributed by atoms with E-state index >= 15 is 0 Å². The van der Waals surface area contributed by atoms with E-state index in [0.717, 1.165) is 12.0 Å². The van der Waals surface area contributed by atoms with Crippen molar-refractivity contribution in [2.75, 3.05) is 12.3 Å². The Labute approximate surface area is 125 Å². The quantitative estimate of drug-likeness (QED) is 0.622. The summed E-state index contributed by atoms with van der Waals surface area (Å²) < 4.78 is 5.16. The van der Waals surface area contributed by atoms with E-state index in [0.29, 0.717) is 18.2 Å². The molecule has 0 aromatic heterocycles. The zero-order chi connectivity index (χ0) is 16.0. The number of nitrogens with two attached hydrogens (primary N) is 1. The van der Waals surface area contributed by atoms with E-state index in [1.807, 2.05) is 13.0 Å². The van der Waals surface area contributed by atoms with E-state index in [1.165, 1.54) is 0 Å². The van der Waals surface area contributed by atoms with Crippen molar-refractivity contribution < 1.29 is 14.3 Å². The van der Waals surface area contributed by atoms with E-state index in [-0.39, 0.29) is 11.5 Å². The van der Waals surface area contributed by atoms with Gasteiger partial charge in [-0.05, 0) is 37.8 Å². The van der Waals surface area contributed by atoms with Gasteiger partial charge in [-0.3, -0.25) is 4.79 Å². The van der Waals surface area contributed by atoms with Gasteiger partial charge < -0.3 is 15.8 Å². The summed E-state index contributed by atoms with van der Waals surface area (Å²) in [4.78, 5) is 23.9. The number of carbonyl (C=O) groups excluding carboxylic acids is 2. The van der Waals surface area contributed by atoms with E-state index in [4.69, 9.17) is 10.5 Å². The number of rotatable bonds is 6. The van der Waals surface area contributed by atoms with Crippen molar-refractivity contribution in [3.8, 4) is 0 Å². The number of nitrogens with one attached hydrogen (secondary N) is 1. The van der Waals surface area contributed by atoms with Crippen LogP contribution in [0, 0.1) is 12.8 Å². The van der Waals surface area contributed by atoms with Gasteiger partial charge in [0.15, 0.2) is 6.10 Å². The molecule has 1 aromatic rings. The van der Waals surface area contributed by atoms with Crippen LogP contribution in [0.25, 0.3) is 0 Å². The van der Waals surface area contributed by atoms with Gasteiger partial charge in [-0.1, -0.05) is 26.0 Å². The second kappa shape index (κ2) is 7.67. The lowest BCUT2D eigenvalue weighted by Crippen LogP contribution is -2.36. The molecule has 0 aliphatic carbocycles. The predicted molar refractivity (Wildman–Crippen MR) is 82.9 cm³/mol. The van der Waals surface area contributed by atoms with Crippen molar-refractivity contribution in [1.29, 1.82) is 0 Å². The minimum absolute atomic E-state index is 0.289. The Balaban J connectivity index is 2.57. The molecule has 1 rings (SSSR count). The van der Waals surface area contributed by atoms with Crippen LogP contribution in [0.4, 0.5) is 5.69 Å². The molecule has 5 heteroatoms. The van der Waals surface area contributed by atoms with Gasteiger partial charge in [0.25, 0.3) is 5.91 Å². The minimum Gasteiger partial charge on any atom is -0.449 e. The van der Waals surface area contributed by atoms with Gasteiger partial charge in [-0.15, -0.1) is 0 Å². The van der Waals surface area contributed by atoms with Crippen LogP contribution in [0.2, 0.25) is 0 Å². The van der Waals surface area contributed by atoms with Crippen molar-refractivity contribution >= 4 is 17.6 Å². The highest BCUT2D eigenvalue weighted by Gasteiger charge is 2.20. The van der Waals surface area contributed by atoms with E-state index < -0.39 is 12.1 Å². The average molecular weight is 292 g/mol. The molecule has 1 aromatic carbocycles. The summed E-state index contributed by atoms with van der Waals surface area (Å²) in [6.45, 7) is 8.10. The minimum atomic E-state index is -0.843. The number of anilines is 1. The van der Waals surface area contributed by atoms with E-state index in [2.05, 4.69) is 19.2 Å². The van der Waals surface area contributed by atoms with Gasteiger partial charge >= 0.3 is 5.97 Å². The average Bonchev–Trinajstić information content (AvgIpc) is 2.41. The molecule has 0 fully saturated rings. The summed E-state index contributed by atoms with van der Waals surface area (Å²) in [5.41, 5.74) is 7.32. The Kier molecular flexibility index (Phi) is 6.21. The molecule has 1 unspecified atom stereocenters. The van der Waals surface area contributed by atoms with Crippen LogP contribution in [0.5, 0.6) is 0 Å². The highest BCUT2D eigenvalue weighted by Crippen LogP contribution is 2.17. The fourth-order valence-corrected chi connectivity index (χ4v) is 1.76. The third kappa shape index (κ3) is 5.10. The van der Waals surface area contributed by atoms with Gasteiger partial charge in [0.1, 0.15) is 0 Å². The van der Waals surface area contributed by atoms with Crippen LogP contribution in [-0.4, -0.2) is 24.5 Å². The van der Waals surface area contributed by atoms with Gasteiger partial charge in [0.2, 0.25) is 0 Å². The molecule has 0 aliphatic heterocycles. The number of hydrogen-bond donors (Lipinski definition) is 2. The number of aryl methyl sites for hydroxylation is 1. The lowest BCUT2D eigenvalue weighted by Gasteiger charge is -2.15. The van der Waals surface area contributed by atoms with Gasteiger partial charge in [-0.25, -0.2) is 4.79 Å². The summed E-state index contributed by atoms with van der Waals surface area (Å²) in [5, 5.41) is 2.75. The second-order valence-electron chi connectivity index (χ2n) is 5.56. The zero-order valence-electron chi connectivity index (χ0n) is 13.1. The summed E-state index contributed by atoms with van der Waals surface area (Å²) >= 11 is 0.